The Morgan fingerprint density at radius 1 is 1.26 bits per heavy atom. The van der Waals surface area contributed by atoms with E-state index in [1.807, 2.05) is 52.8 Å². The number of morpholine rings is 1. The number of nitrogens with zero attached hydrogens (tertiary/aromatic N) is 4. The number of hydrogen-bond acceptors (Lipinski definition) is 5. The van der Waals surface area contributed by atoms with Crippen molar-refractivity contribution in [1.82, 2.24) is 24.4 Å². The number of amides is 2. The first-order valence-corrected chi connectivity index (χ1v) is 12.0. The van der Waals surface area contributed by atoms with Crippen molar-refractivity contribution in [2.75, 3.05) is 26.2 Å². The summed E-state index contributed by atoms with van der Waals surface area (Å²) < 4.78 is 7.97. The van der Waals surface area contributed by atoms with E-state index in [9.17, 15) is 14.7 Å². The number of likely N-dealkylation sites (tertiary alicyclic amines) is 1. The van der Waals surface area contributed by atoms with Crippen LogP contribution < -0.4 is 0 Å². The van der Waals surface area contributed by atoms with Gasteiger partial charge in [0.05, 0.1) is 52.7 Å². The van der Waals surface area contributed by atoms with Crippen LogP contribution in [0, 0.1) is 5.92 Å². The molecule has 2 aliphatic heterocycles. The van der Waals surface area contributed by atoms with Gasteiger partial charge in [0.25, 0.3) is 5.91 Å². The van der Waals surface area contributed by atoms with Crippen molar-refractivity contribution in [1.29, 1.82) is 0 Å². The lowest BCUT2D eigenvalue weighted by atomic mass is 9.71. The normalized spacial score (nSPS) is 24.6. The molecule has 1 saturated carbocycles. The molecular weight excluding hydrogens is 434 g/mol. The smallest absolute Gasteiger partial charge is 0.256 e. The number of pyridine rings is 1. The van der Waals surface area contributed by atoms with Crippen molar-refractivity contribution >= 4 is 17.3 Å². The first-order valence-electron chi connectivity index (χ1n) is 12.0. The molecule has 9 heteroatoms. The lowest BCUT2D eigenvalue weighted by Gasteiger charge is -2.45. The average molecular weight is 464 g/mol. The lowest BCUT2D eigenvalue weighted by Crippen LogP contribution is -2.58. The van der Waals surface area contributed by atoms with Gasteiger partial charge >= 0.3 is 0 Å². The molecule has 2 amide bonds. The molecule has 2 saturated heterocycles. The zero-order valence-corrected chi connectivity index (χ0v) is 19.2. The maximum atomic E-state index is 13.7. The van der Waals surface area contributed by atoms with E-state index in [0.29, 0.717) is 44.6 Å². The summed E-state index contributed by atoms with van der Waals surface area (Å²) in [5.74, 6) is -0.562. The topological polar surface area (TPSA) is 103 Å². The summed E-state index contributed by atoms with van der Waals surface area (Å²) in [5.41, 5.74) is 2.23. The summed E-state index contributed by atoms with van der Waals surface area (Å²) in [7, 11) is 0. The Labute approximate surface area is 197 Å². The third-order valence-corrected chi connectivity index (χ3v) is 7.95. The molecule has 3 atom stereocenters. The molecule has 3 aliphatic rings. The van der Waals surface area contributed by atoms with E-state index in [0.717, 1.165) is 23.3 Å². The summed E-state index contributed by atoms with van der Waals surface area (Å²) in [5, 5.41) is 17.8. The van der Waals surface area contributed by atoms with Gasteiger partial charge in [-0.15, -0.1) is 0 Å². The summed E-state index contributed by atoms with van der Waals surface area (Å²) in [6.45, 7) is 3.62. The van der Waals surface area contributed by atoms with E-state index < -0.39 is 11.5 Å². The van der Waals surface area contributed by atoms with Gasteiger partial charge in [-0.2, -0.15) is 5.10 Å². The van der Waals surface area contributed by atoms with Crippen LogP contribution in [0.2, 0.25) is 0 Å². The Balaban J connectivity index is 1.26. The van der Waals surface area contributed by atoms with Crippen molar-refractivity contribution < 1.29 is 19.4 Å². The molecule has 3 aromatic rings. The van der Waals surface area contributed by atoms with Crippen LogP contribution in [0.4, 0.5) is 0 Å². The second-order valence-corrected chi connectivity index (χ2v) is 9.77. The fourth-order valence-electron chi connectivity index (χ4n) is 5.68. The minimum atomic E-state index is -0.895. The number of carbonyl (C=O) groups excluding carboxylic acids is 2. The van der Waals surface area contributed by atoms with E-state index in [-0.39, 0.29) is 24.0 Å². The fourth-order valence-corrected chi connectivity index (χ4v) is 5.68. The van der Waals surface area contributed by atoms with Crippen LogP contribution in [0.1, 0.15) is 36.5 Å². The van der Waals surface area contributed by atoms with Crippen LogP contribution >= 0.6 is 0 Å². The number of aliphatic hydroxyl groups is 1. The van der Waals surface area contributed by atoms with Gasteiger partial charge in [-0.1, -0.05) is 13.0 Å². The predicted octanol–water partition coefficient (Wildman–Crippen LogP) is 1.93. The van der Waals surface area contributed by atoms with Gasteiger partial charge in [-0.3, -0.25) is 14.7 Å². The number of aromatic amines is 1. The van der Waals surface area contributed by atoms with Gasteiger partial charge in [0.1, 0.15) is 0 Å². The van der Waals surface area contributed by atoms with E-state index in [4.69, 9.17) is 4.74 Å². The van der Waals surface area contributed by atoms with Crippen LogP contribution in [-0.4, -0.2) is 85.3 Å². The molecule has 0 aromatic carbocycles. The lowest BCUT2D eigenvalue weighted by molar-refractivity contribution is -0.162. The molecule has 178 valence electrons. The number of carbonyl (C=O) groups is 2. The minimum absolute atomic E-state index is 0.0364. The molecule has 0 bridgehead atoms. The molecule has 0 radical (unpaired) electrons. The van der Waals surface area contributed by atoms with E-state index in [2.05, 4.69) is 10.2 Å². The number of nitrogens with one attached hydrogen (secondary N) is 1. The molecule has 1 aliphatic carbocycles. The summed E-state index contributed by atoms with van der Waals surface area (Å²) in [6, 6.07) is 9.36. The Morgan fingerprint density at radius 3 is 2.85 bits per heavy atom. The number of H-pyrrole nitrogens is 1. The monoisotopic (exact) mass is 463 g/mol. The van der Waals surface area contributed by atoms with E-state index in [1.165, 1.54) is 0 Å². The van der Waals surface area contributed by atoms with Crippen LogP contribution in [0.3, 0.4) is 0 Å². The second kappa shape index (κ2) is 7.95. The molecular formula is C25H29N5O4. The Morgan fingerprint density at radius 2 is 2.12 bits per heavy atom. The van der Waals surface area contributed by atoms with Gasteiger partial charge in [0, 0.05) is 32.0 Å². The maximum absolute atomic E-state index is 13.7. The average Bonchev–Trinajstić information content (AvgIpc) is 3.58. The zero-order chi connectivity index (χ0) is 23.4. The van der Waals surface area contributed by atoms with Crippen LogP contribution in [0.15, 0.2) is 42.7 Å². The Kier molecular flexibility index (Phi) is 5.00. The van der Waals surface area contributed by atoms with Crippen LogP contribution in [0.25, 0.3) is 16.9 Å². The van der Waals surface area contributed by atoms with Crippen molar-refractivity contribution in [2.24, 2.45) is 5.92 Å². The molecule has 3 fully saturated rings. The molecule has 0 spiro atoms. The minimum Gasteiger partial charge on any atom is -0.389 e. The second-order valence-electron chi connectivity index (χ2n) is 9.77. The zero-order valence-electron chi connectivity index (χ0n) is 19.2. The van der Waals surface area contributed by atoms with Crippen molar-refractivity contribution in [3.63, 3.8) is 0 Å². The quantitative estimate of drug-likeness (QED) is 0.616. The molecule has 2 N–H and O–H groups in total. The fraction of sp³-hybridized carbons (Fsp3) is 0.480. The van der Waals surface area contributed by atoms with Crippen molar-refractivity contribution in [3.05, 3.63) is 48.3 Å². The molecule has 5 heterocycles. The summed E-state index contributed by atoms with van der Waals surface area (Å²) >= 11 is 0. The third-order valence-electron chi connectivity index (χ3n) is 7.95. The van der Waals surface area contributed by atoms with Crippen molar-refractivity contribution in [2.45, 2.75) is 43.9 Å². The number of ether oxygens (including phenoxy) is 1. The first-order chi connectivity index (χ1) is 16.5. The highest BCUT2D eigenvalue weighted by Gasteiger charge is 2.49. The summed E-state index contributed by atoms with van der Waals surface area (Å²) in [6.07, 6.45) is 5.70. The Hall–Kier alpha value is -3.17. The highest BCUT2D eigenvalue weighted by molar-refractivity contribution is 6.03. The maximum Gasteiger partial charge on any atom is 0.256 e. The van der Waals surface area contributed by atoms with Crippen LogP contribution in [-0.2, 0) is 9.53 Å². The largest absolute Gasteiger partial charge is 0.389 e. The van der Waals surface area contributed by atoms with Gasteiger partial charge < -0.3 is 24.0 Å². The molecule has 9 nitrogen and oxygen atoms in total. The molecule has 1 unspecified atom stereocenters. The molecule has 6 rings (SSSR count). The SMILES string of the molecule is CC(C(=O)N1CCO[C@@H]2CN(C(=O)c3cc(-c4ccn[nH]4)n4ccccc34)C[C@H]21)C1(O)CCC1. The highest BCUT2D eigenvalue weighted by Crippen LogP contribution is 2.40. The predicted molar refractivity (Wildman–Crippen MR) is 124 cm³/mol. The number of aromatic nitrogens is 3. The number of fused-ring (bicyclic) bond motifs is 2. The Bertz CT molecular complexity index is 1230. The van der Waals surface area contributed by atoms with Gasteiger partial charge in [0.2, 0.25) is 5.91 Å². The number of hydrogen-bond donors (Lipinski definition) is 2. The third kappa shape index (κ3) is 3.25. The van der Waals surface area contributed by atoms with Crippen molar-refractivity contribution in [3.8, 4) is 11.4 Å². The standard InChI is InChI=1S/C25H29N5O4/c1-16(25(33)7-4-8-25)23(31)30-11-12-34-22-15-28(14-21(22)30)24(32)17-13-20(18-6-9-26-27-18)29-10-3-2-5-19(17)29/h2-3,5-6,9-10,13,16,21-22,33H,4,7-8,11-12,14-15H2,1H3,(H,26,27)/t16?,21-,22-/m1/s1. The molecule has 3 aromatic heterocycles. The van der Waals surface area contributed by atoms with Gasteiger partial charge in [-0.25, -0.2) is 0 Å². The van der Waals surface area contributed by atoms with Crippen LogP contribution in [0.5, 0.6) is 0 Å². The highest BCUT2D eigenvalue weighted by atomic mass is 16.5. The van der Waals surface area contributed by atoms with E-state index >= 15 is 0 Å². The summed E-state index contributed by atoms with van der Waals surface area (Å²) in [4.78, 5) is 30.7. The molecule has 34 heavy (non-hydrogen) atoms. The van der Waals surface area contributed by atoms with Gasteiger partial charge in [0.15, 0.2) is 0 Å². The van der Waals surface area contributed by atoms with Gasteiger partial charge in [-0.05, 0) is 43.5 Å². The number of rotatable bonds is 4. The van der Waals surface area contributed by atoms with E-state index in [1.54, 1.807) is 11.1 Å². The first kappa shape index (κ1) is 21.4.